The third-order valence-corrected chi connectivity index (χ3v) is 13.3. The minimum absolute atomic E-state index is 0.153. The topological polar surface area (TPSA) is 153 Å². The van der Waals surface area contributed by atoms with Crippen LogP contribution in [0, 0.1) is 35.5 Å². The Morgan fingerprint density at radius 3 is 2.33 bits per heavy atom. The molecular formula is C37H64O11. The summed E-state index contributed by atoms with van der Waals surface area (Å²) in [7, 11) is 1.54. The first kappa shape index (κ1) is 38.3. The largest absolute Gasteiger partial charge is 0.481 e. The Hall–Kier alpha value is -0.890. The SMILES string of the molecule is CCC(C(=O)O)C(OC)C(C)C1OC2(CCC(C)(C3CCC(CC)(C4OC(C5OC(O)(CO)C(C)CC5C)CC4C)O3)O2)CC(O)C1C. The Labute approximate surface area is 287 Å². The molecule has 5 heterocycles. The quantitative estimate of drug-likeness (QED) is 0.240. The molecule has 5 saturated heterocycles. The molecule has 0 saturated carbocycles. The van der Waals surface area contributed by atoms with Gasteiger partial charge in [0.1, 0.15) is 0 Å². The van der Waals surface area contributed by atoms with Gasteiger partial charge in [0, 0.05) is 37.7 Å². The van der Waals surface area contributed by atoms with Gasteiger partial charge >= 0.3 is 5.97 Å². The summed E-state index contributed by atoms with van der Waals surface area (Å²) in [5.74, 6) is -4.44. The molecule has 1 spiro atoms. The van der Waals surface area contributed by atoms with Gasteiger partial charge in [0.05, 0.1) is 66.5 Å². The maximum Gasteiger partial charge on any atom is 0.309 e. The smallest absolute Gasteiger partial charge is 0.309 e. The van der Waals surface area contributed by atoms with E-state index in [0.717, 1.165) is 32.1 Å². The highest BCUT2D eigenvalue weighted by atomic mass is 16.7. The predicted octanol–water partition coefficient (Wildman–Crippen LogP) is 4.66. The summed E-state index contributed by atoms with van der Waals surface area (Å²) < 4.78 is 39.6. The van der Waals surface area contributed by atoms with Gasteiger partial charge in [-0.1, -0.05) is 48.5 Å². The molecule has 0 radical (unpaired) electrons. The molecule has 0 amide bonds. The highest BCUT2D eigenvalue weighted by Gasteiger charge is 2.62. The van der Waals surface area contributed by atoms with Crippen LogP contribution in [0.3, 0.4) is 0 Å². The van der Waals surface area contributed by atoms with Crippen LogP contribution < -0.4 is 0 Å². The average Bonchev–Trinajstić information content (AvgIpc) is 3.75. The lowest BCUT2D eigenvalue weighted by Gasteiger charge is -2.49. The van der Waals surface area contributed by atoms with Crippen LogP contribution in [-0.2, 0) is 33.2 Å². The van der Waals surface area contributed by atoms with Gasteiger partial charge in [-0.3, -0.25) is 4.79 Å². The van der Waals surface area contributed by atoms with Gasteiger partial charge in [-0.15, -0.1) is 0 Å². The molecule has 278 valence electrons. The number of methoxy groups -OCH3 is 1. The predicted molar refractivity (Wildman–Crippen MR) is 177 cm³/mol. The van der Waals surface area contributed by atoms with Crippen molar-refractivity contribution in [3.8, 4) is 0 Å². The van der Waals surface area contributed by atoms with Crippen LogP contribution in [0.4, 0.5) is 0 Å². The molecule has 11 heteroatoms. The van der Waals surface area contributed by atoms with Gasteiger partial charge in [0.15, 0.2) is 11.6 Å². The molecule has 0 aromatic rings. The van der Waals surface area contributed by atoms with Crippen molar-refractivity contribution in [2.24, 2.45) is 35.5 Å². The first-order valence-corrected chi connectivity index (χ1v) is 18.7. The second-order valence-corrected chi connectivity index (χ2v) is 16.5. The Kier molecular flexibility index (Phi) is 11.4. The molecule has 5 fully saturated rings. The highest BCUT2D eigenvalue weighted by molar-refractivity contribution is 5.70. The lowest BCUT2D eigenvalue weighted by molar-refractivity contribution is -0.336. The van der Waals surface area contributed by atoms with E-state index in [1.807, 2.05) is 27.7 Å². The second kappa shape index (κ2) is 14.3. The lowest BCUT2D eigenvalue weighted by atomic mass is 9.77. The first-order chi connectivity index (χ1) is 22.5. The fraction of sp³-hybridized carbons (Fsp3) is 0.973. The van der Waals surface area contributed by atoms with Crippen LogP contribution in [0.5, 0.6) is 0 Å². The number of carboxylic acids is 1. The fourth-order valence-electron chi connectivity index (χ4n) is 10.2. The van der Waals surface area contributed by atoms with Crippen LogP contribution >= 0.6 is 0 Å². The van der Waals surface area contributed by atoms with E-state index in [0.29, 0.717) is 25.7 Å². The molecule has 17 unspecified atom stereocenters. The molecule has 0 aromatic carbocycles. The van der Waals surface area contributed by atoms with Gasteiger partial charge < -0.3 is 48.8 Å². The van der Waals surface area contributed by atoms with E-state index in [2.05, 4.69) is 27.7 Å². The van der Waals surface area contributed by atoms with Crippen molar-refractivity contribution >= 4 is 5.97 Å². The molecule has 0 aliphatic carbocycles. The maximum absolute atomic E-state index is 12.1. The third kappa shape index (κ3) is 6.74. The molecule has 5 rings (SSSR count). The Balaban J connectivity index is 1.29. The average molecular weight is 685 g/mol. The standard InChI is InChI=1S/C37H64O11/c1-10-25(33(40)41)31(43-9)24(7)30-23(6)26(39)18-36(46-30)15-14-34(8,48-36)28-12-13-35(11-2,45-28)32-21(4)17-27(44-32)29-20(3)16-22(5)37(42,19-38)47-29/h20-32,38-39,42H,10-19H2,1-9H3,(H,40,41). The van der Waals surface area contributed by atoms with E-state index >= 15 is 0 Å². The monoisotopic (exact) mass is 684 g/mol. The highest BCUT2D eigenvalue weighted by Crippen LogP contribution is 2.55. The Bertz CT molecular complexity index is 1120. The van der Waals surface area contributed by atoms with Crippen molar-refractivity contribution in [2.45, 2.75) is 179 Å². The molecule has 0 aromatic heterocycles. The zero-order chi connectivity index (χ0) is 35.4. The number of hydrogen-bond acceptors (Lipinski definition) is 10. The minimum atomic E-state index is -1.56. The van der Waals surface area contributed by atoms with Crippen LogP contribution in [0.25, 0.3) is 0 Å². The van der Waals surface area contributed by atoms with Crippen molar-refractivity contribution < 1.29 is 53.6 Å². The number of rotatable bonds is 11. The van der Waals surface area contributed by atoms with Crippen LogP contribution in [-0.4, -0.2) is 106 Å². The summed E-state index contributed by atoms with van der Waals surface area (Å²) in [5, 5.41) is 42.1. The van der Waals surface area contributed by atoms with Crippen molar-refractivity contribution in [2.75, 3.05) is 13.7 Å². The van der Waals surface area contributed by atoms with Crippen LogP contribution in [0.15, 0.2) is 0 Å². The van der Waals surface area contributed by atoms with Gasteiger partial charge in [0.2, 0.25) is 0 Å². The summed E-state index contributed by atoms with van der Waals surface area (Å²) in [6.07, 6.45) is 3.44. The number of aliphatic carboxylic acids is 1. The van der Waals surface area contributed by atoms with E-state index < -0.39 is 59.6 Å². The van der Waals surface area contributed by atoms with E-state index in [1.54, 1.807) is 7.11 Å². The van der Waals surface area contributed by atoms with Crippen molar-refractivity contribution in [3.05, 3.63) is 0 Å². The molecule has 4 N–H and O–H groups in total. The van der Waals surface area contributed by atoms with Gasteiger partial charge in [-0.2, -0.15) is 0 Å². The molecule has 0 bridgehead atoms. The molecule has 11 nitrogen and oxygen atoms in total. The number of hydrogen-bond donors (Lipinski definition) is 4. The summed E-state index contributed by atoms with van der Waals surface area (Å²) in [6.45, 7) is 15.8. The van der Waals surface area contributed by atoms with E-state index in [1.165, 1.54) is 0 Å². The molecule has 5 aliphatic heterocycles. The summed E-state index contributed by atoms with van der Waals surface area (Å²) >= 11 is 0. The Morgan fingerprint density at radius 1 is 1.02 bits per heavy atom. The molecular weight excluding hydrogens is 620 g/mol. The number of aliphatic hydroxyl groups is 3. The number of carbonyl (C=O) groups is 1. The number of carboxylic acid groups (broad SMARTS) is 1. The van der Waals surface area contributed by atoms with Gasteiger partial charge in [-0.05, 0) is 63.7 Å². The first-order valence-electron chi connectivity index (χ1n) is 18.7. The number of ether oxygens (including phenoxy) is 6. The zero-order valence-electron chi connectivity index (χ0n) is 30.7. The normalized spacial score (nSPS) is 50.1. The van der Waals surface area contributed by atoms with Crippen LogP contribution in [0.2, 0.25) is 0 Å². The molecule has 48 heavy (non-hydrogen) atoms. The number of aliphatic hydroxyl groups excluding tert-OH is 2. The van der Waals surface area contributed by atoms with Gasteiger partial charge in [0.25, 0.3) is 0 Å². The molecule has 5 aliphatic rings. The maximum atomic E-state index is 12.1. The van der Waals surface area contributed by atoms with E-state index in [4.69, 9.17) is 28.4 Å². The summed E-state index contributed by atoms with van der Waals surface area (Å²) in [5.41, 5.74) is -1.15. The van der Waals surface area contributed by atoms with E-state index in [-0.39, 0.29) is 54.0 Å². The molecule has 17 atom stereocenters. The van der Waals surface area contributed by atoms with Crippen molar-refractivity contribution in [3.63, 3.8) is 0 Å². The lowest BCUT2D eigenvalue weighted by Crippen LogP contribution is -2.57. The second-order valence-electron chi connectivity index (χ2n) is 16.5. The van der Waals surface area contributed by atoms with Gasteiger partial charge in [-0.25, -0.2) is 0 Å². The Morgan fingerprint density at radius 2 is 1.73 bits per heavy atom. The fourth-order valence-corrected chi connectivity index (χ4v) is 10.2. The summed E-state index contributed by atoms with van der Waals surface area (Å²) in [4.78, 5) is 12.1. The van der Waals surface area contributed by atoms with E-state index in [9.17, 15) is 25.2 Å². The summed E-state index contributed by atoms with van der Waals surface area (Å²) in [6, 6.07) is 0. The van der Waals surface area contributed by atoms with Crippen molar-refractivity contribution in [1.29, 1.82) is 0 Å². The van der Waals surface area contributed by atoms with Crippen molar-refractivity contribution in [1.82, 2.24) is 0 Å². The van der Waals surface area contributed by atoms with Crippen LogP contribution in [0.1, 0.15) is 113 Å². The third-order valence-electron chi connectivity index (χ3n) is 13.3. The zero-order valence-corrected chi connectivity index (χ0v) is 30.7. The minimum Gasteiger partial charge on any atom is -0.481 e.